The van der Waals surface area contributed by atoms with Gasteiger partial charge in [0.2, 0.25) is 0 Å². The Morgan fingerprint density at radius 3 is 2.94 bits per heavy atom. The SMILES string of the molecule is COc1cccc2oc(CN3CCNCC3)cc12. The number of hydrogen-bond acceptors (Lipinski definition) is 4. The molecule has 0 bridgehead atoms. The first-order chi connectivity index (χ1) is 8.86. The van der Waals surface area contributed by atoms with E-state index in [2.05, 4.69) is 16.3 Å². The Balaban J connectivity index is 1.84. The van der Waals surface area contributed by atoms with Gasteiger partial charge in [0.25, 0.3) is 0 Å². The normalized spacial score (nSPS) is 17.2. The van der Waals surface area contributed by atoms with E-state index in [-0.39, 0.29) is 0 Å². The molecule has 4 nitrogen and oxygen atoms in total. The highest BCUT2D eigenvalue weighted by atomic mass is 16.5. The third-order valence-electron chi connectivity index (χ3n) is 3.38. The lowest BCUT2D eigenvalue weighted by Gasteiger charge is -2.26. The Bertz CT molecular complexity index is 530. The van der Waals surface area contributed by atoms with Gasteiger partial charge in [0.15, 0.2) is 0 Å². The van der Waals surface area contributed by atoms with E-state index in [4.69, 9.17) is 9.15 Å². The van der Waals surface area contributed by atoms with E-state index in [1.54, 1.807) is 7.11 Å². The van der Waals surface area contributed by atoms with Gasteiger partial charge in [-0.2, -0.15) is 0 Å². The first-order valence-electron chi connectivity index (χ1n) is 6.35. The Morgan fingerprint density at radius 2 is 2.17 bits per heavy atom. The fourth-order valence-corrected chi connectivity index (χ4v) is 2.43. The third-order valence-corrected chi connectivity index (χ3v) is 3.38. The van der Waals surface area contributed by atoms with Gasteiger partial charge in [-0.15, -0.1) is 0 Å². The second-order valence-electron chi connectivity index (χ2n) is 4.61. The maximum Gasteiger partial charge on any atom is 0.138 e. The van der Waals surface area contributed by atoms with Crippen molar-refractivity contribution in [3.05, 3.63) is 30.0 Å². The molecule has 0 amide bonds. The molecular weight excluding hydrogens is 228 g/mol. The van der Waals surface area contributed by atoms with Gasteiger partial charge in [-0.3, -0.25) is 4.90 Å². The van der Waals surface area contributed by atoms with Crippen LogP contribution in [0.4, 0.5) is 0 Å². The number of nitrogens with zero attached hydrogens (tertiary/aromatic N) is 1. The molecular formula is C14H18N2O2. The molecule has 4 heteroatoms. The van der Waals surface area contributed by atoms with Crippen molar-refractivity contribution in [3.63, 3.8) is 0 Å². The lowest BCUT2D eigenvalue weighted by Crippen LogP contribution is -2.42. The molecule has 1 aromatic heterocycles. The highest BCUT2D eigenvalue weighted by molar-refractivity contribution is 5.84. The summed E-state index contributed by atoms with van der Waals surface area (Å²) in [6.07, 6.45) is 0. The zero-order valence-electron chi connectivity index (χ0n) is 10.6. The molecule has 1 aliphatic rings. The van der Waals surface area contributed by atoms with E-state index in [1.165, 1.54) is 0 Å². The zero-order valence-corrected chi connectivity index (χ0v) is 10.6. The molecule has 0 aliphatic carbocycles. The molecule has 0 unspecified atom stereocenters. The lowest BCUT2D eigenvalue weighted by atomic mass is 10.2. The predicted octanol–water partition coefficient (Wildman–Crippen LogP) is 1.85. The van der Waals surface area contributed by atoms with E-state index in [9.17, 15) is 0 Å². The Hall–Kier alpha value is -1.52. The Morgan fingerprint density at radius 1 is 1.33 bits per heavy atom. The summed E-state index contributed by atoms with van der Waals surface area (Å²) in [4.78, 5) is 2.40. The summed E-state index contributed by atoms with van der Waals surface area (Å²) in [7, 11) is 1.69. The van der Waals surface area contributed by atoms with Crippen LogP contribution >= 0.6 is 0 Å². The number of fused-ring (bicyclic) bond motifs is 1. The second kappa shape index (κ2) is 5.00. The van der Waals surface area contributed by atoms with Crippen molar-refractivity contribution in [2.24, 2.45) is 0 Å². The van der Waals surface area contributed by atoms with Crippen LogP contribution in [0.5, 0.6) is 5.75 Å². The summed E-state index contributed by atoms with van der Waals surface area (Å²) in [6, 6.07) is 8.00. The number of ether oxygens (including phenoxy) is 1. The van der Waals surface area contributed by atoms with Crippen LogP contribution in [0.15, 0.2) is 28.7 Å². The molecule has 1 aliphatic heterocycles. The minimum Gasteiger partial charge on any atom is -0.496 e. The quantitative estimate of drug-likeness (QED) is 0.897. The summed E-state index contributed by atoms with van der Waals surface area (Å²) in [5.41, 5.74) is 0.902. The third kappa shape index (κ3) is 2.21. The number of furan rings is 1. The van der Waals surface area contributed by atoms with Gasteiger partial charge in [-0.1, -0.05) is 6.07 Å². The first-order valence-corrected chi connectivity index (χ1v) is 6.35. The van der Waals surface area contributed by atoms with Crippen molar-refractivity contribution in [2.75, 3.05) is 33.3 Å². The fourth-order valence-electron chi connectivity index (χ4n) is 2.43. The van der Waals surface area contributed by atoms with E-state index >= 15 is 0 Å². The zero-order chi connectivity index (χ0) is 12.4. The summed E-state index contributed by atoms with van der Waals surface area (Å²) < 4.78 is 11.2. The smallest absolute Gasteiger partial charge is 0.138 e. The van der Waals surface area contributed by atoms with Crippen LogP contribution in [0.3, 0.4) is 0 Å². The van der Waals surface area contributed by atoms with E-state index in [1.807, 2.05) is 18.2 Å². The molecule has 0 atom stereocenters. The molecule has 2 aromatic rings. The van der Waals surface area contributed by atoms with Crippen LogP contribution in [0.1, 0.15) is 5.76 Å². The largest absolute Gasteiger partial charge is 0.496 e. The lowest BCUT2D eigenvalue weighted by molar-refractivity contribution is 0.218. The molecule has 18 heavy (non-hydrogen) atoms. The molecule has 0 radical (unpaired) electrons. The molecule has 3 rings (SSSR count). The van der Waals surface area contributed by atoms with E-state index in [0.717, 1.165) is 55.2 Å². The molecule has 1 saturated heterocycles. The molecule has 1 N–H and O–H groups in total. The van der Waals surface area contributed by atoms with Gasteiger partial charge in [0.05, 0.1) is 19.0 Å². The van der Waals surface area contributed by atoms with Crippen molar-refractivity contribution in [1.29, 1.82) is 0 Å². The molecule has 96 valence electrons. The minimum absolute atomic E-state index is 0.875. The minimum atomic E-state index is 0.875. The van der Waals surface area contributed by atoms with Crippen LogP contribution in [0.25, 0.3) is 11.0 Å². The molecule has 1 fully saturated rings. The van der Waals surface area contributed by atoms with Crippen LogP contribution in [-0.4, -0.2) is 38.2 Å². The van der Waals surface area contributed by atoms with Gasteiger partial charge >= 0.3 is 0 Å². The molecule has 0 spiro atoms. The average Bonchev–Trinajstić information content (AvgIpc) is 2.82. The van der Waals surface area contributed by atoms with Gasteiger partial charge in [0, 0.05) is 26.2 Å². The van der Waals surface area contributed by atoms with Gasteiger partial charge in [-0.05, 0) is 18.2 Å². The Kier molecular flexibility index (Phi) is 3.21. The predicted molar refractivity (Wildman–Crippen MR) is 70.9 cm³/mol. The number of methoxy groups -OCH3 is 1. The number of piperazine rings is 1. The first kappa shape index (κ1) is 11.6. The number of nitrogens with one attached hydrogen (secondary N) is 1. The van der Waals surface area contributed by atoms with Crippen LogP contribution in [-0.2, 0) is 6.54 Å². The summed E-state index contributed by atoms with van der Waals surface area (Å²) >= 11 is 0. The molecule has 2 heterocycles. The maximum atomic E-state index is 5.87. The number of benzene rings is 1. The molecule has 1 aromatic carbocycles. The Labute approximate surface area is 107 Å². The summed E-state index contributed by atoms with van der Waals surface area (Å²) in [5.74, 6) is 1.89. The highest BCUT2D eigenvalue weighted by Crippen LogP contribution is 2.28. The number of rotatable bonds is 3. The fraction of sp³-hybridized carbons (Fsp3) is 0.429. The van der Waals surface area contributed by atoms with Crippen LogP contribution in [0.2, 0.25) is 0 Å². The molecule has 0 saturated carbocycles. The summed E-state index contributed by atoms with van der Waals surface area (Å²) in [6.45, 7) is 5.15. The van der Waals surface area contributed by atoms with E-state index in [0.29, 0.717) is 0 Å². The highest BCUT2D eigenvalue weighted by Gasteiger charge is 2.14. The van der Waals surface area contributed by atoms with Crippen molar-refractivity contribution < 1.29 is 9.15 Å². The van der Waals surface area contributed by atoms with Gasteiger partial charge in [0.1, 0.15) is 17.1 Å². The van der Waals surface area contributed by atoms with Crippen LogP contribution < -0.4 is 10.1 Å². The van der Waals surface area contributed by atoms with Gasteiger partial charge < -0.3 is 14.5 Å². The second-order valence-corrected chi connectivity index (χ2v) is 4.61. The number of hydrogen-bond donors (Lipinski definition) is 1. The monoisotopic (exact) mass is 246 g/mol. The van der Waals surface area contributed by atoms with Gasteiger partial charge in [-0.25, -0.2) is 0 Å². The van der Waals surface area contributed by atoms with Crippen molar-refractivity contribution >= 4 is 11.0 Å². The topological polar surface area (TPSA) is 37.6 Å². The van der Waals surface area contributed by atoms with Crippen LogP contribution in [0, 0.1) is 0 Å². The standard InChI is InChI=1S/C14H18N2O2/c1-17-13-3-2-4-14-12(13)9-11(18-14)10-16-7-5-15-6-8-16/h2-4,9,15H,5-8,10H2,1H3. The summed E-state index contributed by atoms with van der Waals surface area (Å²) in [5, 5.41) is 4.41. The maximum absolute atomic E-state index is 5.87. The van der Waals surface area contributed by atoms with Crippen molar-refractivity contribution in [3.8, 4) is 5.75 Å². The van der Waals surface area contributed by atoms with E-state index < -0.39 is 0 Å². The van der Waals surface area contributed by atoms with Crippen molar-refractivity contribution in [1.82, 2.24) is 10.2 Å². The average molecular weight is 246 g/mol. The van der Waals surface area contributed by atoms with Crippen molar-refractivity contribution in [2.45, 2.75) is 6.54 Å².